The molecule has 1 amide bonds. The van der Waals surface area contributed by atoms with Crippen LogP contribution >= 0.6 is 0 Å². The highest BCUT2D eigenvalue weighted by atomic mass is 16.2. The molecule has 0 saturated heterocycles. The highest BCUT2D eigenvalue weighted by molar-refractivity contribution is 5.81. The summed E-state index contributed by atoms with van der Waals surface area (Å²) in [6.45, 7) is 2.62. The Morgan fingerprint density at radius 3 is 3.07 bits per heavy atom. The van der Waals surface area contributed by atoms with Gasteiger partial charge in [-0.1, -0.05) is 26.2 Å². The smallest absolute Gasteiger partial charge is 0.236 e. The highest BCUT2D eigenvalue weighted by Crippen LogP contribution is 2.01. The van der Waals surface area contributed by atoms with E-state index in [9.17, 15) is 9.59 Å². The van der Waals surface area contributed by atoms with Crippen LogP contribution in [0.4, 0.5) is 0 Å². The minimum atomic E-state index is -0.480. The van der Waals surface area contributed by atoms with Crippen molar-refractivity contribution >= 4 is 12.0 Å². The van der Waals surface area contributed by atoms with Crippen LogP contribution in [0.1, 0.15) is 32.6 Å². The molecule has 0 aliphatic rings. The Balaban J connectivity index is 3.77. The first-order chi connectivity index (χ1) is 7.76. The van der Waals surface area contributed by atoms with Crippen LogP contribution in [-0.2, 0) is 9.59 Å². The molecule has 0 aromatic rings. The predicted octanol–water partition coefficient (Wildman–Crippen LogP) is 0.346. The van der Waals surface area contributed by atoms with E-state index in [1.807, 2.05) is 0 Å². The maximum absolute atomic E-state index is 11.5. The lowest BCUT2D eigenvalue weighted by atomic mass is 10.1. The fourth-order valence-corrected chi connectivity index (χ4v) is 1.13. The van der Waals surface area contributed by atoms with E-state index in [1.165, 1.54) is 6.08 Å². The van der Waals surface area contributed by atoms with Gasteiger partial charge in [0.25, 0.3) is 0 Å². The summed E-state index contributed by atoms with van der Waals surface area (Å²) < 4.78 is 7.05. The first-order valence-electron chi connectivity index (χ1n) is 5.74. The number of hydrogen-bond acceptors (Lipinski definition) is 4. The van der Waals surface area contributed by atoms with Crippen molar-refractivity contribution in [2.24, 2.45) is 10.7 Å². The summed E-state index contributed by atoms with van der Waals surface area (Å²) >= 11 is 0. The number of unbranched alkanes of at least 4 members (excludes halogenated alkanes) is 2. The normalized spacial score (nSPS) is 12.5. The van der Waals surface area contributed by atoms with Crippen molar-refractivity contribution in [1.82, 2.24) is 5.32 Å². The number of carbonyl (C=O) groups is 1. The average Bonchev–Trinajstić information content (AvgIpc) is 2.30. The van der Waals surface area contributed by atoms with Gasteiger partial charge in [-0.2, -0.15) is 0 Å². The first-order valence-corrected chi connectivity index (χ1v) is 5.24. The summed E-state index contributed by atoms with van der Waals surface area (Å²) in [7, 11) is 0. The van der Waals surface area contributed by atoms with Crippen molar-refractivity contribution in [3.05, 3.63) is 0 Å². The molecular weight excluding hydrogens is 194 g/mol. The minimum absolute atomic E-state index is 0.216. The van der Waals surface area contributed by atoms with Crippen LogP contribution in [0, 0.1) is 0 Å². The molecule has 5 heteroatoms. The standard InChI is InChI=1S/C10H19N3O2/c1-2-3-4-5-9(11)10(15)13-7-6-12-8-14/h9H,2-7,11H2,1H3,(H,13,15)/i/hD. The van der Waals surface area contributed by atoms with Crippen molar-refractivity contribution in [3.8, 4) is 0 Å². The Labute approximate surface area is 91.6 Å². The van der Waals surface area contributed by atoms with Crippen LogP contribution in [0.25, 0.3) is 0 Å². The van der Waals surface area contributed by atoms with E-state index in [1.54, 1.807) is 0 Å². The van der Waals surface area contributed by atoms with Gasteiger partial charge in [-0.25, -0.2) is 9.79 Å². The number of amides is 1. The van der Waals surface area contributed by atoms with Crippen molar-refractivity contribution in [1.29, 1.82) is 0 Å². The number of isocyanates is 1. The van der Waals surface area contributed by atoms with Gasteiger partial charge in [-0.15, -0.1) is 0 Å². The molecule has 3 N–H and O–H groups in total. The number of hydrogen-bond donors (Lipinski definition) is 2. The number of carbonyl (C=O) groups excluding carboxylic acids is 2. The number of nitrogens with one attached hydrogen (secondary N) is 1. The Kier molecular flexibility index (Phi) is 7.42. The molecule has 0 spiro atoms. The van der Waals surface area contributed by atoms with Gasteiger partial charge in [0, 0.05) is 6.54 Å². The molecule has 1 atom stereocenters. The molecule has 0 aliphatic carbocycles. The van der Waals surface area contributed by atoms with Gasteiger partial charge < -0.3 is 11.0 Å². The Bertz CT molecular complexity index is 242. The highest BCUT2D eigenvalue weighted by Gasteiger charge is 2.11. The summed E-state index contributed by atoms with van der Waals surface area (Å²) in [6, 6.07) is -0.480. The van der Waals surface area contributed by atoms with Crippen molar-refractivity contribution in [2.45, 2.75) is 38.6 Å². The lowest BCUT2D eigenvalue weighted by Gasteiger charge is -2.10. The van der Waals surface area contributed by atoms with E-state index in [0.717, 1.165) is 19.3 Å². The van der Waals surface area contributed by atoms with Gasteiger partial charge in [0.15, 0.2) is 0 Å². The Morgan fingerprint density at radius 2 is 2.47 bits per heavy atom. The van der Waals surface area contributed by atoms with Crippen LogP contribution in [0.2, 0.25) is 1.41 Å². The number of nitrogens with two attached hydrogens (primary N) is 1. The molecule has 1 unspecified atom stereocenters. The fourth-order valence-electron chi connectivity index (χ4n) is 1.13. The quantitative estimate of drug-likeness (QED) is 0.330. The molecule has 0 heterocycles. The van der Waals surface area contributed by atoms with Gasteiger partial charge in [0.1, 0.15) is 1.41 Å². The maximum Gasteiger partial charge on any atom is 0.236 e. The van der Waals surface area contributed by atoms with Crippen LogP contribution in [0.5, 0.6) is 0 Å². The molecule has 0 aliphatic heterocycles. The third-order valence-corrected chi connectivity index (χ3v) is 2.00. The Morgan fingerprint density at radius 1 is 1.67 bits per heavy atom. The molecular formula is C10H19N3O2. The molecule has 0 aromatic carbocycles. The van der Waals surface area contributed by atoms with E-state index in [-0.39, 0.29) is 12.5 Å². The number of rotatable bonds is 9. The van der Waals surface area contributed by atoms with Gasteiger partial charge in [-0.05, 0) is 6.42 Å². The van der Waals surface area contributed by atoms with Gasteiger partial charge in [0.05, 0.1) is 12.6 Å². The van der Waals surface area contributed by atoms with Gasteiger partial charge >= 0.3 is 0 Å². The maximum atomic E-state index is 11.5. The molecule has 0 bridgehead atoms. The lowest BCUT2D eigenvalue weighted by molar-refractivity contribution is -0.122. The zero-order valence-corrected chi connectivity index (χ0v) is 9.08. The average molecular weight is 214 g/mol. The first kappa shape index (κ1) is 11.9. The van der Waals surface area contributed by atoms with Crippen LogP contribution < -0.4 is 11.0 Å². The summed E-state index contributed by atoms with van der Waals surface area (Å²) in [5, 5.41) is 2.60. The molecule has 15 heavy (non-hydrogen) atoms. The number of nitrogens with zero attached hydrogens (tertiary/aromatic N) is 1. The molecule has 5 nitrogen and oxygen atoms in total. The Hall–Kier alpha value is -1.19. The number of aliphatic imine (C=N–C) groups is 1. The molecule has 0 rings (SSSR count). The molecule has 0 fully saturated rings. The second-order valence-corrected chi connectivity index (χ2v) is 3.31. The molecule has 86 valence electrons. The van der Waals surface area contributed by atoms with Gasteiger partial charge in [-0.3, -0.25) is 4.79 Å². The summed E-state index contributed by atoms with van der Waals surface area (Å²) in [6.07, 6.45) is 5.11. The third-order valence-electron chi connectivity index (χ3n) is 2.00. The van der Waals surface area contributed by atoms with Crippen molar-refractivity contribution in [2.75, 3.05) is 13.1 Å². The van der Waals surface area contributed by atoms with E-state index >= 15 is 0 Å². The fraction of sp³-hybridized carbons (Fsp3) is 0.800. The zero-order chi connectivity index (χ0) is 12.2. The van der Waals surface area contributed by atoms with Gasteiger partial charge in [0.2, 0.25) is 12.0 Å². The van der Waals surface area contributed by atoms with E-state index in [2.05, 4.69) is 23.0 Å². The van der Waals surface area contributed by atoms with E-state index < -0.39 is 6.04 Å². The molecule has 0 aromatic heterocycles. The SMILES string of the molecule is [2H]NC(CCCCC)C(=O)NCCN=C=O. The largest absolute Gasteiger partial charge is 0.353 e. The predicted molar refractivity (Wildman–Crippen MR) is 58.1 cm³/mol. The van der Waals surface area contributed by atoms with Crippen LogP contribution in [0.3, 0.4) is 0 Å². The van der Waals surface area contributed by atoms with Crippen LogP contribution in [-0.4, -0.2) is 31.1 Å². The summed E-state index contributed by atoms with van der Waals surface area (Å²) in [5.41, 5.74) is 2.23. The van der Waals surface area contributed by atoms with Crippen molar-refractivity contribution < 1.29 is 11.0 Å². The molecule has 0 radical (unpaired) electrons. The minimum Gasteiger partial charge on any atom is -0.353 e. The second kappa shape index (κ2) is 9.37. The zero-order valence-electron chi connectivity index (χ0n) is 10.1. The molecule has 0 saturated carbocycles. The lowest BCUT2D eigenvalue weighted by Crippen LogP contribution is -2.41. The monoisotopic (exact) mass is 214 g/mol. The summed E-state index contributed by atoms with van der Waals surface area (Å²) in [4.78, 5) is 24.6. The van der Waals surface area contributed by atoms with Crippen LogP contribution in [0.15, 0.2) is 4.99 Å². The second-order valence-electron chi connectivity index (χ2n) is 3.31. The third kappa shape index (κ3) is 7.85. The van der Waals surface area contributed by atoms with Crippen molar-refractivity contribution in [3.63, 3.8) is 0 Å². The summed E-state index contributed by atoms with van der Waals surface area (Å²) in [5.74, 6) is -0.216. The van der Waals surface area contributed by atoms with E-state index in [0.29, 0.717) is 13.0 Å². The van der Waals surface area contributed by atoms with E-state index in [4.69, 9.17) is 1.41 Å². The topological polar surface area (TPSA) is 84.6 Å².